The lowest BCUT2D eigenvalue weighted by molar-refractivity contribution is 0.00578. The topological polar surface area (TPSA) is 47.6 Å². The number of carbonyl (C=O) groups is 1. The first-order valence-electron chi connectivity index (χ1n) is 10.5. The monoisotopic (exact) mass is 411 g/mol. The highest BCUT2D eigenvalue weighted by molar-refractivity contribution is 7.14. The summed E-state index contributed by atoms with van der Waals surface area (Å²) in [4.78, 5) is 14.9. The molecule has 0 atom stereocenters. The molecule has 1 saturated heterocycles. The minimum Gasteiger partial charge on any atom is -0.399 e. The molecule has 4 nitrogen and oxygen atoms in total. The van der Waals surface area contributed by atoms with Gasteiger partial charge in [0.25, 0.3) is 5.91 Å². The predicted octanol–water partition coefficient (Wildman–Crippen LogP) is 4.16. The summed E-state index contributed by atoms with van der Waals surface area (Å²) in [5, 5.41) is 3.09. The second-order valence-corrected chi connectivity index (χ2v) is 10.4. The van der Waals surface area contributed by atoms with Gasteiger partial charge in [-0.3, -0.25) is 4.79 Å². The minimum absolute atomic E-state index is 0.0267. The lowest BCUT2D eigenvalue weighted by Gasteiger charge is -2.32. The van der Waals surface area contributed by atoms with E-state index in [4.69, 9.17) is 9.31 Å². The molecule has 6 heteroatoms. The van der Waals surface area contributed by atoms with Gasteiger partial charge in [-0.2, -0.15) is 0 Å². The molecule has 1 aliphatic heterocycles. The van der Waals surface area contributed by atoms with Gasteiger partial charge in [-0.1, -0.05) is 18.2 Å². The largest absolute Gasteiger partial charge is 0.494 e. The summed E-state index contributed by atoms with van der Waals surface area (Å²) in [6, 6.07) is 8.30. The number of hydrogen-bond donors (Lipinski definition) is 1. The van der Waals surface area contributed by atoms with Gasteiger partial charge in [-0.05, 0) is 88.5 Å². The Labute approximate surface area is 178 Å². The molecule has 0 spiro atoms. The van der Waals surface area contributed by atoms with Crippen molar-refractivity contribution in [1.29, 1.82) is 0 Å². The number of carbonyl (C=O) groups excluding carboxylic acids is 1. The van der Waals surface area contributed by atoms with Crippen LogP contribution in [0.1, 0.15) is 71.8 Å². The van der Waals surface area contributed by atoms with Crippen molar-refractivity contribution < 1.29 is 14.1 Å². The maximum Gasteiger partial charge on any atom is 0.494 e. The van der Waals surface area contributed by atoms with Crippen molar-refractivity contribution in [3.05, 3.63) is 50.7 Å². The van der Waals surface area contributed by atoms with E-state index in [1.165, 1.54) is 23.3 Å². The zero-order valence-electron chi connectivity index (χ0n) is 18.1. The molecule has 1 N–H and O–H groups in total. The Balaban J connectivity index is 1.41. The molecular formula is C23H30BNO3S. The van der Waals surface area contributed by atoms with Crippen molar-refractivity contribution >= 4 is 29.8 Å². The Morgan fingerprint density at radius 1 is 1.10 bits per heavy atom. The third kappa shape index (κ3) is 4.03. The first-order valence-corrected chi connectivity index (χ1v) is 11.3. The lowest BCUT2D eigenvalue weighted by atomic mass is 9.78. The van der Waals surface area contributed by atoms with Gasteiger partial charge in [0.05, 0.1) is 16.1 Å². The predicted molar refractivity (Wildman–Crippen MR) is 119 cm³/mol. The Kier molecular flexibility index (Phi) is 5.39. The fourth-order valence-electron chi connectivity index (χ4n) is 3.91. The molecule has 0 unspecified atom stereocenters. The van der Waals surface area contributed by atoms with Gasteiger partial charge in [0.15, 0.2) is 0 Å². The van der Waals surface area contributed by atoms with Gasteiger partial charge in [-0.15, -0.1) is 11.3 Å². The summed E-state index contributed by atoms with van der Waals surface area (Å²) < 4.78 is 12.3. The second kappa shape index (κ2) is 7.57. The first-order chi connectivity index (χ1) is 13.7. The molecule has 0 saturated carbocycles. The van der Waals surface area contributed by atoms with E-state index in [-0.39, 0.29) is 24.2 Å². The molecule has 1 amide bonds. The highest BCUT2D eigenvalue weighted by Gasteiger charge is 2.51. The average molecular weight is 411 g/mol. The molecule has 1 fully saturated rings. The number of rotatable bonds is 4. The first kappa shape index (κ1) is 20.6. The lowest BCUT2D eigenvalue weighted by Crippen LogP contribution is -2.41. The van der Waals surface area contributed by atoms with E-state index in [9.17, 15) is 4.79 Å². The van der Waals surface area contributed by atoms with Crippen molar-refractivity contribution in [1.82, 2.24) is 5.32 Å². The Hall–Kier alpha value is -1.63. The van der Waals surface area contributed by atoms with Gasteiger partial charge in [0.1, 0.15) is 0 Å². The number of fused-ring (bicyclic) bond motifs is 1. The molecule has 29 heavy (non-hydrogen) atoms. The Morgan fingerprint density at radius 3 is 2.45 bits per heavy atom. The van der Waals surface area contributed by atoms with E-state index >= 15 is 0 Å². The average Bonchev–Trinajstić information content (AvgIpc) is 3.18. The zero-order chi connectivity index (χ0) is 20.8. The van der Waals surface area contributed by atoms with Gasteiger partial charge in [-0.25, -0.2) is 0 Å². The van der Waals surface area contributed by atoms with Crippen molar-refractivity contribution in [2.45, 2.75) is 78.0 Å². The molecular weight excluding hydrogens is 381 g/mol. The molecule has 0 radical (unpaired) electrons. The molecule has 1 aromatic carbocycles. The van der Waals surface area contributed by atoms with Crippen LogP contribution in [0.3, 0.4) is 0 Å². The van der Waals surface area contributed by atoms with E-state index in [0.29, 0.717) is 6.54 Å². The maximum absolute atomic E-state index is 12.6. The number of aryl methyl sites for hydroxylation is 3. The van der Waals surface area contributed by atoms with Crippen molar-refractivity contribution in [3.8, 4) is 0 Å². The maximum atomic E-state index is 12.6. The van der Waals surface area contributed by atoms with Crippen molar-refractivity contribution in [3.63, 3.8) is 0 Å². The van der Waals surface area contributed by atoms with E-state index in [2.05, 4.69) is 58.1 Å². The van der Waals surface area contributed by atoms with Gasteiger partial charge < -0.3 is 14.6 Å². The molecule has 0 bridgehead atoms. The van der Waals surface area contributed by atoms with E-state index in [1.54, 1.807) is 11.3 Å². The molecule has 1 aliphatic carbocycles. The standard InChI is InChI=1S/C23H30BNO3S/c1-15-12-18(24-27-22(2,3)23(4,5)28-24)11-10-17(15)14-25-21(26)20-13-16-8-6-7-9-19(16)29-20/h10-13H,6-9,14H2,1-5H3,(H,25,26). The fraction of sp³-hybridized carbons (Fsp3) is 0.522. The highest BCUT2D eigenvalue weighted by atomic mass is 32.1. The van der Waals surface area contributed by atoms with Crippen LogP contribution in [-0.4, -0.2) is 24.2 Å². The highest BCUT2D eigenvalue weighted by Crippen LogP contribution is 2.36. The summed E-state index contributed by atoms with van der Waals surface area (Å²) >= 11 is 1.66. The summed E-state index contributed by atoms with van der Waals surface area (Å²) in [7, 11) is -0.361. The van der Waals surface area contributed by atoms with Gasteiger partial charge in [0, 0.05) is 11.4 Å². The third-order valence-corrected chi connectivity index (χ3v) is 7.79. The molecule has 2 aliphatic rings. The normalized spacial score (nSPS) is 19.8. The van der Waals surface area contributed by atoms with Crippen LogP contribution in [0.5, 0.6) is 0 Å². The third-order valence-electron chi connectivity index (χ3n) is 6.55. The van der Waals surface area contributed by atoms with E-state index in [0.717, 1.165) is 34.3 Å². The van der Waals surface area contributed by atoms with Crippen LogP contribution in [0.25, 0.3) is 0 Å². The van der Waals surface area contributed by atoms with Crippen LogP contribution in [0.2, 0.25) is 0 Å². The molecule has 154 valence electrons. The van der Waals surface area contributed by atoms with Gasteiger partial charge >= 0.3 is 7.12 Å². The number of hydrogen-bond acceptors (Lipinski definition) is 4. The van der Waals surface area contributed by atoms with Crippen molar-refractivity contribution in [2.24, 2.45) is 0 Å². The number of thiophene rings is 1. The quantitative estimate of drug-likeness (QED) is 0.769. The van der Waals surface area contributed by atoms with Crippen LogP contribution < -0.4 is 10.8 Å². The van der Waals surface area contributed by atoms with Crippen LogP contribution in [0.4, 0.5) is 0 Å². The molecule has 4 rings (SSSR count). The smallest absolute Gasteiger partial charge is 0.399 e. The summed E-state index contributed by atoms with van der Waals surface area (Å²) in [6.07, 6.45) is 4.70. The number of amides is 1. The Bertz CT molecular complexity index is 895. The molecule has 2 heterocycles. The fourth-order valence-corrected chi connectivity index (χ4v) is 5.08. The second-order valence-electron chi connectivity index (χ2n) is 9.22. The van der Waals surface area contributed by atoms with E-state index < -0.39 is 0 Å². The molecule has 1 aromatic heterocycles. The Morgan fingerprint density at radius 2 is 1.79 bits per heavy atom. The van der Waals surface area contributed by atoms with E-state index in [1.807, 2.05) is 6.07 Å². The number of benzene rings is 1. The van der Waals surface area contributed by atoms with Gasteiger partial charge in [0.2, 0.25) is 0 Å². The minimum atomic E-state index is -0.361. The van der Waals surface area contributed by atoms with Crippen LogP contribution >= 0.6 is 11.3 Å². The number of nitrogens with one attached hydrogen (secondary N) is 1. The summed E-state index contributed by atoms with van der Waals surface area (Å²) in [5.74, 6) is 0.0267. The van der Waals surface area contributed by atoms with Crippen LogP contribution in [0, 0.1) is 6.92 Å². The van der Waals surface area contributed by atoms with Crippen LogP contribution in [0.15, 0.2) is 24.3 Å². The SMILES string of the molecule is Cc1cc(B2OC(C)(C)C(C)(C)O2)ccc1CNC(=O)c1cc2c(s1)CCCC2. The summed E-state index contributed by atoms with van der Waals surface area (Å²) in [5.41, 5.74) is 3.93. The zero-order valence-corrected chi connectivity index (χ0v) is 18.9. The van der Waals surface area contributed by atoms with Crippen molar-refractivity contribution in [2.75, 3.05) is 0 Å². The summed E-state index contributed by atoms with van der Waals surface area (Å²) in [6.45, 7) is 10.8. The molecule has 2 aromatic rings. The van der Waals surface area contributed by atoms with Crippen LogP contribution in [-0.2, 0) is 28.7 Å².